The van der Waals surface area contributed by atoms with E-state index in [4.69, 9.17) is 28.9 Å². The van der Waals surface area contributed by atoms with Crippen molar-refractivity contribution < 1.29 is 39.5 Å². The number of nitrogens with two attached hydrogens (primary N) is 1. The third-order valence-electron chi connectivity index (χ3n) is 4.44. The first-order valence-electron chi connectivity index (χ1n) is 8.67. The number of halogens is 11. The van der Waals surface area contributed by atoms with Crippen LogP contribution >= 0.6 is 23.2 Å². The standard InChI is InChI=1S/C19H8Cl2F9N3O/c20-11-4-2-8(6-12(11)21)33-15(32-14(19(28,29)30)13(31)16(33)34)9-3-1-7(17(22,23)24)5-10(9)18(25,26)27/h1-6H,31H2. The average Bonchev–Trinajstić information content (AvgIpc) is 2.69. The Labute approximate surface area is 193 Å². The van der Waals surface area contributed by atoms with Gasteiger partial charge >= 0.3 is 18.5 Å². The summed E-state index contributed by atoms with van der Waals surface area (Å²) < 4.78 is 121. The van der Waals surface area contributed by atoms with Crippen LogP contribution in [0.2, 0.25) is 10.0 Å². The number of nitrogen functional groups attached to an aromatic ring is 1. The second kappa shape index (κ2) is 8.38. The minimum absolute atomic E-state index is 0.0710. The number of benzene rings is 2. The quantitative estimate of drug-likeness (QED) is 0.365. The van der Waals surface area contributed by atoms with Crippen molar-refractivity contribution in [1.29, 1.82) is 0 Å². The molecule has 0 radical (unpaired) electrons. The molecule has 0 fully saturated rings. The van der Waals surface area contributed by atoms with Crippen molar-refractivity contribution in [3.63, 3.8) is 0 Å². The summed E-state index contributed by atoms with van der Waals surface area (Å²) in [5, 5.41) is -0.308. The molecule has 182 valence electrons. The molecular weight excluding hydrogens is 528 g/mol. The predicted octanol–water partition coefficient (Wildman–Crippen LogP) is 6.84. The molecule has 0 amide bonds. The fourth-order valence-corrected chi connectivity index (χ4v) is 3.24. The highest BCUT2D eigenvalue weighted by Gasteiger charge is 2.41. The average molecular weight is 536 g/mol. The molecule has 0 bridgehead atoms. The smallest absolute Gasteiger partial charge is 0.392 e. The number of anilines is 1. The molecule has 3 aromatic rings. The van der Waals surface area contributed by atoms with Crippen LogP contribution in [0.4, 0.5) is 45.2 Å². The van der Waals surface area contributed by atoms with E-state index in [-0.39, 0.29) is 32.8 Å². The minimum Gasteiger partial charge on any atom is -0.392 e. The van der Waals surface area contributed by atoms with E-state index < -0.39 is 63.7 Å². The van der Waals surface area contributed by atoms with E-state index in [0.717, 1.165) is 18.2 Å². The summed E-state index contributed by atoms with van der Waals surface area (Å²) in [7, 11) is 0. The Balaban J connectivity index is 2.52. The number of aromatic nitrogens is 2. The monoisotopic (exact) mass is 535 g/mol. The van der Waals surface area contributed by atoms with Gasteiger partial charge in [-0.3, -0.25) is 9.36 Å². The highest BCUT2D eigenvalue weighted by atomic mass is 35.5. The molecule has 0 saturated heterocycles. The molecule has 0 saturated carbocycles. The predicted molar refractivity (Wildman–Crippen MR) is 105 cm³/mol. The van der Waals surface area contributed by atoms with Crippen molar-refractivity contribution in [3.8, 4) is 17.1 Å². The summed E-state index contributed by atoms with van der Waals surface area (Å²) in [6.07, 6.45) is -16.1. The maximum absolute atomic E-state index is 13.7. The van der Waals surface area contributed by atoms with Crippen LogP contribution in [-0.4, -0.2) is 9.55 Å². The lowest BCUT2D eigenvalue weighted by molar-refractivity contribution is -0.142. The molecule has 0 aliphatic rings. The molecular formula is C19H8Cl2F9N3O. The van der Waals surface area contributed by atoms with Gasteiger partial charge in [0.05, 0.1) is 26.9 Å². The van der Waals surface area contributed by atoms with Crippen LogP contribution in [0.25, 0.3) is 17.1 Å². The zero-order valence-corrected chi connectivity index (χ0v) is 17.5. The highest BCUT2D eigenvalue weighted by Crippen LogP contribution is 2.42. The lowest BCUT2D eigenvalue weighted by Gasteiger charge is -2.20. The third-order valence-corrected chi connectivity index (χ3v) is 5.18. The number of hydrogen-bond acceptors (Lipinski definition) is 3. The number of alkyl halides is 9. The van der Waals surface area contributed by atoms with Crippen LogP contribution in [0.15, 0.2) is 41.2 Å². The first-order valence-corrected chi connectivity index (χ1v) is 9.42. The zero-order chi connectivity index (χ0) is 25.8. The molecule has 0 spiro atoms. The molecule has 1 heterocycles. The Kier molecular flexibility index (Phi) is 6.33. The normalized spacial score (nSPS) is 12.8. The van der Waals surface area contributed by atoms with Gasteiger partial charge < -0.3 is 5.73 Å². The second-order valence-electron chi connectivity index (χ2n) is 6.69. The van der Waals surface area contributed by atoms with Crippen LogP contribution in [0, 0.1) is 0 Å². The van der Waals surface area contributed by atoms with E-state index in [0.29, 0.717) is 0 Å². The summed E-state index contributed by atoms with van der Waals surface area (Å²) in [4.78, 5) is 15.9. The van der Waals surface area contributed by atoms with Gasteiger partial charge in [0, 0.05) is 5.56 Å². The maximum Gasteiger partial charge on any atom is 0.435 e. The van der Waals surface area contributed by atoms with E-state index in [1.807, 2.05) is 0 Å². The summed E-state index contributed by atoms with van der Waals surface area (Å²) >= 11 is 11.6. The molecule has 0 aliphatic heterocycles. The molecule has 3 rings (SSSR count). The Bertz CT molecular complexity index is 1330. The number of rotatable bonds is 2. The highest BCUT2D eigenvalue weighted by molar-refractivity contribution is 6.42. The topological polar surface area (TPSA) is 60.9 Å². The fourth-order valence-electron chi connectivity index (χ4n) is 2.94. The van der Waals surface area contributed by atoms with E-state index in [2.05, 4.69) is 4.98 Å². The van der Waals surface area contributed by atoms with Crippen molar-refractivity contribution in [2.45, 2.75) is 18.5 Å². The third kappa shape index (κ3) is 4.80. The summed E-state index contributed by atoms with van der Waals surface area (Å²) in [5.41, 5.74) is -5.17. The van der Waals surface area contributed by atoms with Gasteiger partial charge in [0.1, 0.15) is 11.5 Å². The first-order chi connectivity index (χ1) is 15.4. The summed E-state index contributed by atoms with van der Waals surface area (Å²) in [5.74, 6) is -1.27. The van der Waals surface area contributed by atoms with E-state index >= 15 is 0 Å². The molecule has 4 nitrogen and oxygen atoms in total. The molecule has 2 N–H and O–H groups in total. The Morgan fingerprint density at radius 1 is 0.794 bits per heavy atom. The zero-order valence-electron chi connectivity index (χ0n) is 16.0. The number of hydrogen-bond donors (Lipinski definition) is 1. The molecule has 0 unspecified atom stereocenters. The van der Waals surface area contributed by atoms with E-state index in [1.165, 1.54) is 0 Å². The van der Waals surface area contributed by atoms with Crippen LogP contribution in [-0.2, 0) is 18.5 Å². The van der Waals surface area contributed by atoms with Gasteiger partial charge in [0.15, 0.2) is 5.69 Å². The lowest BCUT2D eigenvalue weighted by atomic mass is 10.0. The molecule has 0 atom stereocenters. The van der Waals surface area contributed by atoms with Gasteiger partial charge in [0.25, 0.3) is 5.56 Å². The number of nitrogens with zero attached hydrogens (tertiary/aromatic N) is 2. The molecule has 15 heteroatoms. The molecule has 34 heavy (non-hydrogen) atoms. The second-order valence-corrected chi connectivity index (χ2v) is 7.50. The van der Waals surface area contributed by atoms with Crippen LogP contribution in [0.1, 0.15) is 16.8 Å². The van der Waals surface area contributed by atoms with Crippen molar-refractivity contribution in [2.24, 2.45) is 0 Å². The van der Waals surface area contributed by atoms with Crippen LogP contribution in [0.3, 0.4) is 0 Å². The molecule has 1 aromatic heterocycles. The van der Waals surface area contributed by atoms with Gasteiger partial charge in [-0.05, 0) is 30.3 Å². The van der Waals surface area contributed by atoms with Crippen molar-refractivity contribution in [2.75, 3.05) is 5.73 Å². The van der Waals surface area contributed by atoms with Crippen molar-refractivity contribution in [3.05, 3.63) is 73.6 Å². The SMILES string of the molecule is Nc1c(C(F)(F)F)nc(-c2ccc(C(F)(F)F)cc2C(F)(F)F)n(-c2ccc(Cl)c(Cl)c2)c1=O. The molecule has 2 aromatic carbocycles. The van der Waals surface area contributed by atoms with Gasteiger partial charge in [-0.25, -0.2) is 4.98 Å². The van der Waals surface area contributed by atoms with Crippen LogP contribution < -0.4 is 11.3 Å². The van der Waals surface area contributed by atoms with Gasteiger partial charge in [-0.2, -0.15) is 39.5 Å². The molecule has 0 aliphatic carbocycles. The van der Waals surface area contributed by atoms with E-state index in [1.54, 1.807) is 0 Å². The van der Waals surface area contributed by atoms with Gasteiger partial charge in [-0.1, -0.05) is 29.3 Å². The summed E-state index contributed by atoms with van der Waals surface area (Å²) in [6.45, 7) is 0. The van der Waals surface area contributed by atoms with Gasteiger partial charge in [0.2, 0.25) is 0 Å². The van der Waals surface area contributed by atoms with Gasteiger partial charge in [-0.15, -0.1) is 0 Å². The first kappa shape index (κ1) is 25.7. The Morgan fingerprint density at radius 3 is 1.91 bits per heavy atom. The largest absolute Gasteiger partial charge is 0.435 e. The summed E-state index contributed by atoms with van der Waals surface area (Å²) in [6, 6.07) is 3.20. The maximum atomic E-state index is 13.7. The van der Waals surface area contributed by atoms with Crippen molar-refractivity contribution >= 4 is 28.9 Å². The Hall–Kier alpha value is -2.93. The van der Waals surface area contributed by atoms with E-state index in [9.17, 15) is 44.3 Å². The van der Waals surface area contributed by atoms with Crippen LogP contribution in [0.5, 0.6) is 0 Å². The fraction of sp³-hybridized carbons (Fsp3) is 0.158. The van der Waals surface area contributed by atoms with Crippen molar-refractivity contribution in [1.82, 2.24) is 9.55 Å². The minimum atomic E-state index is -5.48. The Morgan fingerprint density at radius 2 is 1.41 bits per heavy atom. The lowest BCUT2D eigenvalue weighted by Crippen LogP contribution is -2.30.